The zero-order valence-electron chi connectivity index (χ0n) is 23.6. The minimum absolute atomic E-state index is 0.0976. The summed E-state index contributed by atoms with van der Waals surface area (Å²) in [6.45, 7) is 9.95. The molecule has 0 saturated carbocycles. The van der Waals surface area contributed by atoms with Gasteiger partial charge in [-0.2, -0.15) is 0 Å². The standard InChI is InChI=1S/C29H43N5O5/c1-5-6-24(35)29(39)34-18-25(36)26-23(34)11-12-33(26)28(38)22(17-19(2)3)30-27(37)20-7-9-21(10-8-20)32-15-13-31(4)14-16-32/h7-10,19,22-24,26,35H,5-6,11-18H2,1-4H3,(H,30,37). The van der Waals surface area contributed by atoms with Crippen LogP contribution in [0.1, 0.15) is 56.8 Å². The number of aliphatic hydroxyl groups excluding tert-OH is 1. The highest BCUT2D eigenvalue weighted by molar-refractivity contribution is 6.01. The number of benzene rings is 1. The van der Waals surface area contributed by atoms with Crippen molar-refractivity contribution in [1.29, 1.82) is 0 Å². The number of nitrogens with zero attached hydrogens (tertiary/aromatic N) is 4. The number of amides is 3. The van der Waals surface area contributed by atoms with E-state index >= 15 is 0 Å². The zero-order chi connectivity index (χ0) is 28.3. The maximum Gasteiger partial charge on any atom is 0.252 e. The highest BCUT2D eigenvalue weighted by Gasteiger charge is 2.52. The summed E-state index contributed by atoms with van der Waals surface area (Å²) in [7, 11) is 2.11. The van der Waals surface area contributed by atoms with Gasteiger partial charge in [-0.3, -0.25) is 19.2 Å². The number of anilines is 1. The zero-order valence-corrected chi connectivity index (χ0v) is 23.6. The van der Waals surface area contributed by atoms with E-state index in [1.54, 1.807) is 12.1 Å². The normalized spacial score (nSPS) is 23.2. The molecule has 39 heavy (non-hydrogen) atoms. The number of nitrogens with one attached hydrogen (secondary N) is 1. The van der Waals surface area contributed by atoms with Crippen LogP contribution in [0.15, 0.2) is 24.3 Å². The van der Waals surface area contributed by atoms with Gasteiger partial charge in [-0.15, -0.1) is 0 Å². The largest absolute Gasteiger partial charge is 0.383 e. The predicted molar refractivity (Wildman–Crippen MR) is 148 cm³/mol. The van der Waals surface area contributed by atoms with E-state index in [0.717, 1.165) is 31.9 Å². The molecule has 0 aliphatic carbocycles. The van der Waals surface area contributed by atoms with E-state index in [9.17, 15) is 24.3 Å². The molecule has 0 radical (unpaired) electrons. The van der Waals surface area contributed by atoms with E-state index in [0.29, 0.717) is 37.8 Å². The molecule has 1 aromatic carbocycles. The van der Waals surface area contributed by atoms with Crippen molar-refractivity contribution < 1.29 is 24.3 Å². The van der Waals surface area contributed by atoms with Crippen LogP contribution in [0.25, 0.3) is 0 Å². The average molecular weight is 542 g/mol. The lowest BCUT2D eigenvalue weighted by molar-refractivity contribution is -0.142. The number of fused-ring (bicyclic) bond motifs is 1. The summed E-state index contributed by atoms with van der Waals surface area (Å²) in [5, 5.41) is 13.1. The van der Waals surface area contributed by atoms with Gasteiger partial charge in [-0.05, 0) is 56.5 Å². The van der Waals surface area contributed by atoms with Gasteiger partial charge in [0.2, 0.25) is 5.91 Å². The second-order valence-corrected chi connectivity index (χ2v) is 11.6. The molecule has 10 nitrogen and oxygen atoms in total. The second kappa shape index (κ2) is 12.5. The third kappa shape index (κ3) is 6.44. The summed E-state index contributed by atoms with van der Waals surface area (Å²) in [6.07, 6.45) is 0.763. The van der Waals surface area contributed by atoms with Gasteiger partial charge in [0, 0.05) is 44.0 Å². The number of carbonyl (C=O) groups excluding carboxylic acids is 4. The van der Waals surface area contributed by atoms with E-state index in [1.165, 1.54) is 9.80 Å². The number of hydrogen-bond donors (Lipinski definition) is 2. The Hall–Kier alpha value is -2.98. The molecule has 4 atom stereocenters. The van der Waals surface area contributed by atoms with Crippen molar-refractivity contribution in [1.82, 2.24) is 20.0 Å². The number of hydrogen-bond acceptors (Lipinski definition) is 7. The summed E-state index contributed by atoms with van der Waals surface area (Å²) in [4.78, 5) is 60.3. The highest BCUT2D eigenvalue weighted by atomic mass is 16.3. The molecule has 3 aliphatic heterocycles. The molecule has 1 aromatic rings. The van der Waals surface area contributed by atoms with Gasteiger partial charge < -0.3 is 30.0 Å². The molecular weight excluding hydrogens is 498 g/mol. The molecule has 4 unspecified atom stereocenters. The Morgan fingerprint density at radius 1 is 1.00 bits per heavy atom. The Labute approximate surface area is 231 Å². The Bertz CT molecular complexity index is 1050. The molecule has 2 N–H and O–H groups in total. The van der Waals surface area contributed by atoms with E-state index in [1.807, 2.05) is 32.9 Å². The second-order valence-electron chi connectivity index (χ2n) is 11.6. The van der Waals surface area contributed by atoms with Crippen molar-refractivity contribution in [2.24, 2.45) is 5.92 Å². The predicted octanol–water partition coefficient (Wildman–Crippen LogP) is 1.12. The van der Waals surface area contributed by atoms with Gasteiger partial charge in [0.05, 0.1) is 12.6 Å². The first-order valence-electron chi connectivity index (χ1n) is 14.3. The molecule has 3 fully saturated rings. The minimum atomic E-state index is -1.14. The number of rotatable bonds is 9. The third-order valence-electron chi connectivity index (χ3n) is 8.14. The van der Waals surface area contributed by atoms with Crippen LogP contribution >= 0.6 is 0 Å². The van der Waals surface area contributed by atoms with Gasteiger partial charge in [0.25, 0.3) is 11.8 Å². The van der Waals surface area contributed by atoms with Crippen molar-refractivity contribution >= 4 is 29.2 Å². The molecule has 214 valence electrons. The number of likely N-dealkylation sites (N-methyl/N-ethyl adjacent to an activating group) is 1. The SMILES string of the molecule is CCCC(O)C(=O)N1CC(=O)C2C1CCN2C(=O)C(CC(C)C)NC(=O)c1ccc(N2CCN(C)CC2)cc1. The summed E-state index contributed by atoms with van der Waals surface area (Å²) in [5.41, 5.74) is 1.55. The fraction of sp³-hybridized carbons (Fsp3) is 0.655. The first kappa shape index (κ1) is 29.0. The fourth-order valence-corrected chi connectivity index (χ4v) is 5.97. The molecule has 3 heterocycles. The fourth-order valence-electron chi connectivity index (χ4n) is 5.97. The minimum Gasteiger partial charge on any atom is -0.383 e. The van der Waals surface area contributed by atoms with Gasteiger partial charge in [-0.25, -0.2) is 0 Å². The molecule has 3 amide bonds. The first-order chi connectivity index (χ1) is 18.6. The highest BCUT2D eigenvalue weighted by Crippen LogP contribution is 2.31. The van der Waals surface area contributed by atoms with Crippen LogP contribution in [-0.4, -0.2) is 114 Å². The summed E-state index contributed by atoms with van der Waals surface area (Å²) in [6, 6.07) is 5.52. The van der Waals surface area contributed by atoms with Crippen LogP contribution < -0.4 is 10.2 Å². The van der Waals surface area contributed by atoms with Gasteiger partial charge in [-0.1, -0.05) is 27.2 Å². The number of likely N-dealkylation sites (tertiary alicyclic amines) is 2. The van der Waals surface area contributed by atoms with Crippen LogP contribution in [0.5, 0.6) is 0 Å². The van der Waals surface area contributed by atoms with Crippen LogP contribution in [0.2, 0.25) is 0 Å². The topological polar surface area (TPSA) is 114 Å². The first-order valence-corrected chi connectivity index (χ1v) is 14.3. The van der Waals surface area contributed by atoms with E-state index in [4.69, 9.17) is 0 Å². The molecule has 3 aliphatic rings. The third-order valence-corrected chi connectivity index (χ3v) is 8.14. The van der Waals surface area contributed by atoms with Crippen molar-refractivity contribution in [3.8, 4) is 0 Å². The smallest absolute Gasteiger partial charge is 0.252 e. The molecular formula is C29H43N5O5. The lowest BCUT2D eigenvalue weighted by Gasteiger charge is -2.34. The van der Waals surface area contributed by atoms with Gasteiger partial charge in [0.1, 0.15) is 18.2 Å². The van der Waals surface area contributed by atoms with Crippen molar-refractivity contribution in [2.75, 3.05) is 51.2 Å². The number of piperazine rings is 1. The molecule has 0 aromatic heterocycles. The van der Waals surface area contributed by atoms with Gasteiger partial charge >= 0.3 is 0 Å². The summed E-state index contributed by atoms with van der Waals surface area (Å²) < 4.78 is 0. The van der Waals surface area contributed by atoms with Crippen LogP contribution in [0.3, 0.4) is 0 Å². The number of ketones is 1. The Morgan fingerprint density at radius 3 is 2.28 bits per heavy atom. The van der Waals surface area contributed by atoms with Crippen molar-refractivity contribution in [3.63, 3.8) is 0 Å². The van der Waals surface area contributed by atoms with Crippen LogP contribution in [0, 0.1) is 5.92 Å². The molecule has 4 rings (SSSR count). The summed E-state index contributed by atoms with van der Waals surface area (Å²) >= 11 is 0. The van der Waals surface area contributed by atoms with Crippen LogP contribution in [0.4, 0.5) is 5.69 Å². The number of carbonyl (C=O) groups is 4. The Morgan fingerprint density at radius 2 is 1.67 bits per heavy atom. The van der Waals surface area contributed by atoms with E-state index in [-0.39, 0.29) is 30.1 Å². The van der Waals surface area contributed by atoms with Crippen molar-refractivity contribution in [3.05, 3.63) is 29.8 Å². The molecule has 0 bridgehead atoms. The quantitative estimate of drug-likeness (QED) is 0.482. The average Bonchev–Trinajstić information content (AvgIpc) is 3.49. The summed E-state index contributed by atoms with van der Waals surface area (Å²) in [5.74, 6) is -1.13. The molecule has 0 spiro atoms. The monoisotopic (exact) mass is 541 g/mol. The lowest BCUT2D eigenvalue weighted by atomic mass is 10.0. The van der Waals surface area contributed by atoms with Crippen molar-refractivity contribution in [2.45, 2.75) is 70.7 Å². The lowest BCUT2D eigenvalue weighted by Crippen LogP contribution is -2.53. The van der Waals surface area contributed by atoms with Gasteiger partial charge in [0.15, 0.2) is 5.78 Å². The Kier molecular flexibility index (Phi) is 9.27. The van der Waals surface area contributed by atoms with E-state index in [2.05, 4.69) is 22.2 Å². The number of aliphatic hydroxyl groups is 1. The van der Waals surface area contributed by atoms with Crippen LogP contribution in [-0.2, 0) is 14.4 Å². The molecule has 3 saturated heterocycles. The van der Waals surface area contributed by atoms with E-state index < -0.39 is 30.1 Å². The molecule has 10 heteroatoms. The number of Topliss-reactive ketones (excluding diaryl/α,β-unsaturated/α-hetero) is 1. The maximum atomic E-state index is 13.7. The maximum absolute atomic E-state index is 13.7. The Balaban J connectivity index is 1.43.